The predicted octanol–water partition coefficient (Wildman–Crippen LogP) is 3.08. The second-order valence-corrected chi connectivity index (χ2v) is 3.44. The van der Waals surface area contributed by atoms with Gasteiger partial charge in [0.05, 0.1) is 5.69 Å². The summed E-state index contributed by atoms with van der Waals surface area (Å²) in [6.07, 6.45) is 1.98. The number of nitriles is 1. The maximum Gasteiger partial charge on any atom is 0.143 e. The number of nitrogens with one attached hydrogen (secondary N) is 1. The average Bonchev–Trinajstić information content (AvgIpc) is 2.17. The Hall–Kier alpha value is -1.82. The zero-order valence-corrected chi connectivity index (χ0v) is 8.84. The first-order valence-corrected chi connectivity index (χ1v) is 4.71. The lowest BCUT2D eigenvalue weighted by Gasteiger charge is -2.06. The molecule has 1 N–H and O–H groups in total. The van der Waals surface area contributed by atoms with Gasteiger partial charge >= 0.3 is 0 Å². The summed E-state index contributed by atoms with van der Waals surface area (Å²) < 4.78 is 13.2. The van der Waals surface area contributed by atoms with Crippen molar-refractivity contribution in [1.29, 1.82) is 5.26 Å². The molecule has 0 aliphatic rings. The third kappa shape index (κ3) is 3.10. The Morgan fingerprint density at radius 1 is 1.53 bits per heavy atom. The van der Waals surface area contributed by atoms with Crippen molar-refractivity contribution in [3.05, 3.63) is 41.2 Å². The van der Waals surface area contributed by atoms with E-state index in [1.165, 1.54) is 11.6 Å². The zero-order chi connectivity index (χ0) is 11.3. The molecular formula is C12H13FN2. The molecule has 0 heterocycles. The van der Waals surface area contributed by atoms with Gasteiger partial charge in [-0.1, -0.05) is 17.7 Å². The highest BCUT2D eigenvalue weighted by molar-refractivity contribution is 5.58. The fourth-order valence-electron chi connectivity index (χ4n) is 1.15. The summed E-state index contributed by atoms with van der Waals surface area (Å²) in [5.41, 5.74) is 1.78. The molecule has 1 aromatic rings. The van der Waals surface area contributed by atoms with Crippen LogP contribution in [-0.2, 0) is 0 Å². The van der Waals surface area contributed by atoms with Crippen LogP contribution < -0.4 is 5.32 Å². The Labute approximate surface area is 89.0 Å². The number of hydrogen-bond acceptors (Lipinski definition) is 2. The largest absolute Gasteiger partial charge is 0.380 e. The number of benzene rings is 1. The van der Waals surface area contributed by atoms with Crippen molar-refractivity contribution in [1.82, 2.24) is 0 Å². The van der Waals surface area contributed by atoms with Crippen LogP contribution >= 0.6 is 0 Å². The third-order valence-corrected chi connectivity index (χ3v) is 1.93. The second-order valence-electron chi connectivity index (χ2n) is 3.44. The molecule has 0 aliphatic carbocycles. The number of anilines is 1. The lowest BCUT2D eigenvalue weighted by molar-refractivity contribution is 0.624. The first-order chi connectivity index (χ1) is 7.15. The SMILES string of the molecule is CC(C)=CCNc1cccc(F)c1C#N. The van der Waals surface area contributed by atoms with E-state index < -0.39 is 5.82 Å². The van der Waals surface area contributed by atoms with Gasteiger partial charge in [0.1, 0.15) is 17.4 Å². The smallest absolute Gasteiger partial charge is 0.143 e. The van der Waals surface area contributed by atoms with Gasteiger partial charge in [0.15, 0.2) is 0 Å². The van der Waals surface area contributed by atoms with Crippen molar-refractivity contribution in [2.24, 2.45) is 0 Å². The molecule has 78 valence electrons. The summed E-state index contributed by atoms with van der Waals surface area (Å²) in [5, 5.41) is 11.8. The Balaban J connectivity index is 2.82. The quantitative estimate of drug-likeness (QED) is 0.768. The number of halogens is 1. The fraction of sp³-hybridized carbons (Fsp3) is 0.250. The normalized spacial score (nSPS) is 9.20. The summed E-state index contributed by atoms with van der Waals surface area (Å²) >= 11 is 0. The molecule has 0 aromatic heterocycles. The van der Waals surface area contributed by atoms with Crippen molar-refractivity contribution < 1.29 is 4.39 Å². The van der Waals surface area contributed by atoms with Gasteiger partial charge in [-0.2, -0.15) is 5.26 Å². The van der Waals surface area contributed by atoms with E-state index in [-0.39, 0.29) is 5.56 Å². The van der Waals surface area contributed by atoms with Gasteiger partial charge in [-0.25, -0.2) is 4.39 Å². The summed E-state index contributed by atoms with van der Waals surface area (Å²) in [4.78, 5) is 0. The molecule has 1 aromatic carbocycles. The van der Waals surface area contributed by atoms with Crippen LogP contribution in [0, 0.1) is 17.1 Å². The molecule has 1 rings (SSSR count). The summed E-state index contributed by atoms with van der Waals surface area (Å²) in [6.45, 7) is 4.57. The predicted molar refractivity (Wildman–Crippen MR) is 59.0 cm³/mol. The number of nitrogens with zero attached hydrogens (tertiary/aromatic N) is 1. The van der Waals surface area contributed by atoms with E-state index in [1.54, 1.807) is 12.1 Å². The van der Waals surface area contributed by atoms with Crippen LogP contribution in [0.4, 0.5) is 10.1 Å². The van der Waals surface area contributed by atoms with Crippen LogP contribution in [0.2, 0.25) is 0 Å². The van der Waals surface area contributed by atoms with Crippen molar-refractivity contribution in [3.8, 4) is 6.07 Å². The van der Waals surface area contributed by atoms with E-state index in [4.69, 9.17) is 5.26 Å². The molecule has 3 heteroatoms. The molecule has 0 amide bonds. The van der Waals surface area contributed by atoms with Crippen molar-refractivity contribution in [2.45, 2.75) is 13.8 Å². The minimum Gasteiger partial charge on any atom is -0.380 e. The maximum atomic E-state index is 13.2. The first kappa shape index (κ1) is 11.3. The zero-order valence-electron chi connectivity index (χ0n) is 8.84. The minimum absolute atomic E-state index is 0.0691. The standard InChI is InChI=1S/C12H13FN2/c1-9(2)6-7-15-12-5-3-4-11(13)10(12)8-14/h3-6,15H,7H2,1-2H3. The molecule has 0 aliphatic heterocycles. The van der Waals surface area contributed by atoms with Crippen molar-refractivity contribution in [2.75, 3.05) is 11.9 Å². The van der Waals surface area contributed by atoms with Gasteiger partial charge < -0.3 is 5.32 Å². The molecule has 0 saturated heterocycles. The molecule has 0 saturated carbocycles. The van der Waals surface area contributed by atoms with E-state index in [2.05, 4.69) is 5.32 Å². The highest BCUT2D eigenvalue weighted by Gasteiger charge is 2.05. The van der Waals surface area contributed by atoms with Gasteiger partial charge in [-0.15, -0.1) is 0 Å². The summed E-state index contributed by atoms with van der Waals surface area (Å²) in [5.74, 6) is -0.486. The first-order valence-electron chi connectivity index (χ1n) is 4.71. The number of hydrogen-bond donors (Lipinski definition) is 1. The molecule has 0 radical (unpaired) electrons. The maximum absolute atomic E-state index is 13.2. The highest BCUT2D eigenvalue weighted by Crippen LogP contribution is 2.17. The molecule has 0 bridgehead atoms. The van der Waals surface area contributed by atoms with Gasteiger partial charge in [0.2, 0.25) is 0 Å². The second kappa shape index (κ2) is 5.16. The Bertz CT molecular complexity index is 412. The fourth-order valence-corrected chi connectivity index (χ4v) is 1.15. The van der Waals surface area contributed by atoms with Gasteiger partial charge in [-0.05, 0) is 26.0 Å². The van der Waals surface area contributed by atoms with Gasteiger partial charge in [0.25, 0.3) is 0 Å². The molecule has 0 fully saturated rings. The summed E-state index contributed by atoms with van der Waals surface area (Å²) in [6, 6.07) is 6.41. The van der Waals surface area contributed by atoms with Gasteiger partial charge in [0, 0.05) is 6.54 Å². The Morgan fingerprint density at radius 2 is 2.27 bits per heavy atom. The molecular weight excluding hydrogens is 191 g/mol. The van der Waals surface area contributed by atoms with Crippen LogP contribution in [0.1, 0.15) is 19.4 Å². The van der Waals surface area contributed by atoms with E-state index in [0.717, 1.165) is 0 Å². The monoisotopic (exact) mass is 204 g/mol. The van der Waals surface area contributed by atoms with E-state index in [9.17, 15) is 4.39 Å². The summed E-state index contributed by atoms with van der Waals surface area (Å²) in [7, 11) is 0. The van der Waals surface area contributed by atoms with Gasteiger partial charge in [-0.3, -0.25) is 0 Å². The topological polar surface area (TPSA) is 35.8 Å². The highest BCUT2D eigenvalue weighted by atomic mass is 19.1. The lowest BCUT2D eigenvalue weighted by Crippen LogP contribution is -2.02. The Kier molecular flexibility index (Phi) is 3.87. The average molecular weight is 204 g/mol. The molecule has 0 unspecified atom stereocenters. The van der Waals surface area contributed by atoms with Crippen molar-refractivity contribution >= 4 is 5.69 Å². The van der Waals surface area contributed by atoms with Crippen LogP contribution in [-0.4, -0.2) is 6.54 Å². The number of allylic oxidation sites excluding steroid dienone is 1. The van der Waals surface area contributed by atoms with Crippen molar-refractivity contribution in [3.63, 3.8) is 0 Å². The van der Waals surface area contributed by atoms with Crippen LogP contribution in [0.3, 0.4) is 0 Å². The third-order valence-electron chi connectivity index (χ3n) is 1.93. The van der Waals surface area contributed by atoms with E-state index in [0.29, 0.717) is 12.2 Å². The molecule has 2 nitrogen and oxygen atoms in total. The molecule has 15 heavy (non-hydrogen) atoms. The minimum atomic E-state index is -0.486. The van der Waals surface area contributed by atoms with E-state index >= 15 is 0 Å². The van der Waals surface area contributed by atoms with Crippen LogP contribution in [0.15, 0.2) is 29.8 Å². The number of rotatable bonds is 3. The molecule has 0 spiro atoms. The Morgan fingerprint density at radius 3 is 2.87 bits per heavy atom. The van der Waals surface area contributed by atoms with Crippen LogP contribution in [0.25, 0.3) is 0 Å². The van der Waals surface area contributed by atoms with Crippen LogP contribution in [0.5, 0.6) is 0 Å². The molecule has 0 atom stereocenters. The lowest BCUT2D eigenvalue weighted by atomic mass is 10.2. The van der Waals surface area contributed by atoms with E-state index in [1.807, 2.05) is 26.0 Å².